The molecule has 0 spiro atoms. The first kappa shape index (κ1) is 16.6. The van der Waals surface area contributed by atoms with Crippen molar-refractivity contribution in [2.45, 2.75) is 5.72 Å². The molecule has 26 heavy (non-hydrogen) atoms. The number of carbonyl (C=O) groups is 1. The molecule has 3 aromatic carbocycles. The Morgan fingerprint density at radius 2 is 1.46 bits per heavy atom. The quantitative estimate of drug-likeness (QED) is 0.729. The number of hydrogen-bond donors (Lipinski definition) is 1. The summed E-state index contributed by atoms with van der Waals surface area (Å²) in [4.78, 5) is 14.4. The normalized spacial score (nSPS) is 19.5. The second-order valence-corrected chi connectivity index (χ2v) is 6.51. The molecule has 1 amide bonds. The standard InChI is InChI=1S/C22H16ClNO2/c23-20(16-9-3-1-4-10-16)15-22(26)19-14-8-7-13-18(19)21(25)24(22)17-11-5-2-6-12-17/h1-15,26H/b20-15+. The highest BCUT2D eigenvalue weighted by Crippen LogP contribution is 2.43. The summed E-state index contributed by atoms with van der Waals surface area (Å²) in [6.07, 6.45) is 1.53. The largest absolute Gasteiger partial charge is 0.363 e. The van der Waals surface area contributed by atoms with E-state index in [0.29, 0.717) is 21.8 Å². The fourth-order valence-corrected chi connectivity index (χ4v) is 3.56. The van der Waals surface area contributed by atoms with Gasteiger partial charge in [-0.15, -0.1) is 0 Å². The van der Waals surface area contributed by atoms with E-state index in [1.54, 1.807) is 36.4 Å². The third kappa shape index (κ3) is 2.62. The van der Waals surface area contributed by atoms with Gasteiger partial charge in [0.2, 0.25) is 0 Å². The lowest BCUT2D eigenvalue weighted by Gasteiger charge is -2.32. The van der Waals surface area contributed by atoms with Crippen molar-refractivity contribution in [3.05, 3.63) is 108 Å². The average molecular weight is 362 g/mol. The lowest BCUT2D eigenvalue weighted by atomic mass is 9.99. The van der Waals surface area contributed by atoms with Crippen LogP contribution in [0.2, 0.25) is 0 Å². The van der Waals surface area contributed by atoms with Crippen LogP contribution in [-0.2, 0) is 5.72 Å². The Kier molecular flexibility index (Phi) is 4.11. The predicted molar refractivity (Wildman–Crippen MR) is 104 cm³/mol. The van der Waals surface area contributed by atoms with Gasteiger partial charge in [0.25, 0.3) is 5.91 Å². The van der Waals surface area contributed by atoms with Gasteiger partial charge in [-0.05, 0) is 29.8 Å². The van der Waals surface area contributed by atoms with Gasteiger partial charge >= 0.3 is 0 Å². The van der Waals surface area contributed by atoms with Crippen molar-refractivity contribution in [3.63, 3.8) is 0 Å². The van der Waals surface area contributed by atoms with Gasteiger partial charge < -0.3 is 5.11 Å². The molecule has 0 aromatic heterocycles. The van der Waals surface area contributed by atoms with E-state index >= 15 is 0 Å². The molecule has 1 N–H and O–H groups in total. The summed E-state index contributed by atoms with van der Waals surface area (Å²) in [6, 6.07) is 25.5. The Balaban J connectivity index is 1.91. The number of benzene rings is 3. The molecule has 128 valence electrons. The highest BCUT2D eigenvalue weighted by molar-refractivity contribution is 6.48. The summed E-state index contributed by atoms with van der Waals surface area (Å²) in [5, 5.41) is 12.0. The first-order valence-corrected chi connectivity index (χ1v) is 8.64. The number of fused-ring (bicyclic) bond motifs is 1. The van der Waals surface area contributed by atoms with Crippen LogP contribution in [-0.4, -0.2) is 11.0 Å². The van der Waals surface area contributed by atoms with Crippen molar-refractivity contribution in [1.82, 2.24) is 0 Å². The summed E-state index contributed by atoms with van der Waals surface area (Å²) in [7, 11) is 0. The monoisotopic (exact) mass is 361 g/mol. The number of nitrogens with zero attached hydrogens (tertiary/aromatic N) is 1. The van der Waals surface area contributed by atoms with Crippen molar-refractivity contribution in [3.8, 4) is 0 Å². The van der Waals surface area contributed by atoms with Crippen LogP contribution in [0.15, 0.2) is 91.0 Å². The van der Waals surface area contributed by atoms with Crippen LogP contribution in [0.25, 0.3) is 5.03 Å². The lowest BCUT2D eigenvalue weighted by Crippen LogP contribution is -2.42. The van der Waals surface area contributed by atoms with Gasteiger partial charge in [0.15, 0.2) is 5.72 Å². The van der Waals surface area contributed by atoms with Crippen molar-refractivity contribution < 1.29 is 9.90 Å². The SMILES string of the molecule is O=C1c2ccccc2C(O)(/C=C(/Cl)c2ccccc2)N1c1ccccc1. The Labute approximate surface area is 156 Å². The molecule has 4 heteroatoms. The zero-order valence-electron chi connectivity index (χ0n) is 13.8. The van der Waals surface area contributed by atoms with Crippen LogP contribution in [0, 0.1) is 0 Å². The third-order valence-corrected chi connectivity index (χ3v) is 4.82. The molecule has 1 aliphatic heterocycles. The van der Waals surface area contributed by atoms with E-state index in [-0.39, 0.29) is 5.91 Å². The van der Waals surface area contributed by atoms with E-state index in [0.717, 1.165) is 5.56 Å². The van der Waals surface area contributed by atoms with Crippen molar-refractivity contribution in [2.24, 2.45) is 0 Å². The molecule has 1 heterocycles. The number of rotatable bonds is 3. The molecule has 0 radical (unpaired) electrons. The molecule has 3 aromatic rings. The highest BCUT2D eigenvalue weighted by Gasteiger charge is 2.48. The van der Waals surface area contributed by atoms with E-state index in [4.69, 9.17) is 11.6 Å². The van der Waals surface area contributed by atoms with Crippen molar-refractivity contribution in [2.75, 3.05) is 4.90 Å². The maximum absolute atomic E-state index is 13.0. The van der Waals surface area contributed by atoms with Gasteiger partial charge in [-0.2, -0.15) is 0 Å². The van der Waals surface area contributed by atoms with Gasteiger partial charge in [-0.25, -0.2) is 0 Å². The van der Waals surface area contributed by atoms with E-state index in [1.807, 2.05) is 48.5 Å². The molecular formula is C22H16ClNO2. The molecule has 0 saturated carbocycles. The maximum Gasteiger partial charge on any atom is 0.261 e. The number of aliphatic hydroxyl groups is 1. The minimum atomic E-state index is -1.66. The molecular weight excluding hydrogens is 346 g/mol. The lowest BCUT2D eigenvalue weighted by molar-refractivity contribution is 0.0751. The van der Waals surface area contributed by atoms with Gasteiger partial charge in [0, 0.05) is 21.8 Å². The number of carbonyl (C=O) groups excluding carboxylic acids is 1. The van der Waals surface area contributed by atoms with E-state index in [1.165, 1.54) is 11.0 Å². The topological polar surface area (TPSA) is 40.5 Å². The third-order valence-electron chi connectivity index (χ3n) is 4.49. The van der Waals surface area contributed by atoms with E-state index < -0.39 is 5.72 Å². The van der Waals surface area contributed by atoms with Crippen LogP contribution < -0.4 is 4.90 Å². The highest BCUT2D eigenvalue weighted by atomic mass is 35.5. The molecule has 0 saturated heterocycles. The molecule has 1 aliphatic rings. The molecule has 0 fully saturated rings. The number of para-hydroxylation sites is 1. The molecule has 0 aliphatic carbocycles. The number of halogens is 1. The van der Waals surface area contributed by atoms with Crippen molar-refractivity contribution >= 4 is 28.2 Å². The molecule has 1 atom stereocenters. The summed E-state index contributed by atoms with van der Waals surface area (Å²) in [5.74, 6) is -0.261. The second-order valence-electron chi connectivity index (χ2n) is 6.11. The molecule has 4 rings (SSSR count). The zero-order chi connectivity index (χ0) is 18.1. The van der Waals surface area contributed by atoms with Crippen LogP contribution in [0.1, 0.15) is 21.5 Å². The van der Waals surface area contributed by atoms with Crippen molar-refractivity contribution in [1.29, 1.82) is 0 Å². The van der Waals surface area contributed by atoms with E-state index in [9.17, 15) is 9.90 Å². The van der Waals surface area contributed by atoms with Crippen LogP contribution >= 0.6 is 11.6 Å². The van der Waals surface area contributed by atoms with Gasteiger partial charge in [0.05, 0.1) is 0 Å². The summed E-state index contributed by atoms with van der Waals surface area (Å²) >= 11 is 6.51. The molecule has 0 bridgehead atoms. The summed E-state index contributed by atoms with van der Waals surface area (Å²) in [6.45, 7) is 0. The Bertz CT molecular complexity index is 985. The average Bonchev–Trinajstić information content (AvgIpc) is 2.90. The fourth-order valence-electron chi connectivity index (χ4n) is 3.28. The Hall–Kier alpha value is -2.88. The zero-order valence-corrected chi connectivity index (χ0v) is 14.6. The Morgan fingerprint density at radius 3 is 2.15 bits per heavy atom. The second kappa shape index (κ2) is 6.45. The first-order valence-electron chi connectivity index (χ1n) is 8.26. The number of amides is 1. The number of anilines is 1. The minimum Gasteiger partial charge on any atom is -0.363 e. The predicted octanol–water partition coefficient (Wildman–Crippen LogP) is 4.77. The Morgan fingerprint density at radius 1 is 0.885 bits per heavy atom. The molecule has 3 nitrogen and oxygen atoms in total. The van der Waals surface area contributed by atoms with Gasteiger partial charge in [0.1, 0.15) is 0 Å². The maximum atomic E-state index is 13.0. The van der Waals surface area contributed by atoms with Gasteiger partial charge in [-0.1, -0.05) is 78.3 Å². The van der Waals surface area contributed by atoms with Crippen LogP contribution in [0.5, 0.6) is 0 Å². The van der Waals surface area contributed by atoms with E-state index in [2.05, 4.69) is 0 Å². The smallest absolute Gasteiger partial charge is 0.261 e. The fraction of sp³-hybridized carbons (Fsp3) is 0.0455. The van der Waals surface area contributed by atoms with Gasteiger partial charge in [-0.3, -0.25) is 9.69 Å². The minimum absolute atomic E-state index is 0.261. The van der Waals surface area contributed by atoms with Crippen LogP contribution in [0.4, 0.5) is 5.69 Å². The van der Waals surface area contributed by atoms with Crippen LogP contribution in [0.3, 0.4) is 0 Å². The summed E-state index contributed by atoms with van der Waals surface area (Å²) in [5.41, 5.74) is 0.690. The molecule has 1 unspecified atom stereocenters. The number of hydrogen-bond acceptors (Lipinski definition) is 2. The summed E-state index contributed by atoms with van der Waals surface area (Å²) < 4.78 is 0. The first-order chi connectivity index (χ1) is 12.6.